The molecule has 0 bridgehead atoms. The molecule has 0 radical (unpaired) electrons. The van der Waals surface area contributed by atoms with Gasteiger partial charge in [-0.1, -0.05) is 31.2 Å². The minimum Gasteiger partial charge on any atom is -0.462 e. The van der Waals surface area contributed by atoms with Gasteiger partial charge in [-0.3, -0.25) is 19.8 Å². The smallest absolute Gasteiger partial charge is 0.338 e. The fourth-order valence-electron chi connectivity index (χ4n) is 3.85. The maximum absolute atomic E-state index is 12.8. The highest BCUT2D eigenvalue weighted by Gasteiger charge is 2.20. The zero-order valence-electron chi connectivity index (χ0n) is 19.1. The monoisotopic (exact) mass is 454 g/mol. The first-order chi connectivity index (χ1) is 15.9. The van der Waals surface area contributed by atoms with Crippen LogP contribution in [0.4, 0.5) is 5.69 Å². The minimum atomic E-state index is -0.705. The van der Waals surface area contributed by atoms with Crippen LogP contribution >= 0.6 is 0 Å². The van der Waals surface area contributed by atoms with Gasteiger partial charge in [-0.25, -0.2) is 4.79 Å². The Balaban J connectivity index is 1.70. The van der Waals surface area contributed by atoms with Gasteiger partial charge in [0.05, 0.1) is 17.1 Å². The van der Waals surface area contributed by atoms with Gasteiger partial charge in [-0.2, -0.15) is 0 Å². The Labute approximate surface area is 193 Å². The van der Waals surface area contributed by atoms with Crippen LogP contribution in [0.3, 0.4) is 0 Å². The third-order valence-electron chi connectivity index (χ3n) is 5.77. The number of hydrogen-bond donors (Lipinski definition) is 1. The summed E-state index contributed by atoms with van der Waals surface area (Å²) < 4.78 is 4.93. The molecular formula is C24H30N4O5. The number of hydrogen-bond acceptors (Lipinski definition) is 7. The van der Waals surface area contributed by atoms with E-state index in [2.05, 4.69) is 28.1 Å². The number of rotatable bonds is 9. The van der Waals surface area contributed by atoms with Crippen molar-refractivity contribution in [2.45, 2.75) is 26.9 Å². The van der Waals surface area contributed by atoms with E-state index >= 15 is 0 Å². The summed E-state index contributed by atoms with van der Waals surface area (Å²) in [4.78, 5) is 40.3. The molecule has 3 rings (SSSR count). The molecule has 33 heavy (non-hydrogen) atoms. The number of nitro benzene ring substituents is 1. The fourth-order valence-corrected chi connectivity index (χ4v) is 3.85. The van der Waals surface area contributed by atoms with Gasteiger partial charge >= 0.3 is 5.97 Å². The Kier molecular flexibility index (Phi) is 8.51. The molecule has 1 amide bonds. The molecule has 1 saturated heterocycles. The molecule has 176 valence electrons. The lowest BCUT2D eigenvalue weighted by Gasteiger charge is -2.34. The van der Waals surface area contributed by atoms with Crippen LogP contribution in [0.15, 0.2) is 42.5 Å². The van der Waals surface area contributed by atoms with Crippen LogP contribution in [0.5, 0.6) is 0 Å². The van der Waals surface area contributed by atoms with Crippen molar-refractivity contribution in [3.63, 3.8) is 0 Å². The van der Waals surface area contributed by atoms with Crippen LogP contribution in [-0.4, -0.2) is 65.9 Å². The summed E-state index contributed by atoms with van der Waals surface area (Å²) in [5.74, 6) is -1.20. The van der Waals surface area contributed by atoms with E-state index in [0.29, 0.717) is 0 Å². The molecule has 1 aliphatic heterocycles. The molecule has 1 heterocycles. The van der Waals surface area contributed by atoms with Gasteiger partial charge in [0.2, 0.25) is 0 Å². The number of esters is 1. The van der Waals surface area contributed by atoms with E-state index in [1.54, 1.807) is 6.92 Å². The quantitative estimate of drug-likeness (QED) is 0.353. The highest BCUT2D eigenvalue weighted by atomic mass is 16.6. The molecular weight excluding hydrogens is 424 g/mol. The zero-order valence-corrected chi connectivity index (χ0v) is 19.1. The van der Waals surface area contributed by atoms with Crippen molar-refractivity contribution >= 4 is 17.6 Å². The highest BCUT2D eigenvalue weighted by molar-refractivity contribution is 5.99. The fraction of sp³-hybridized carbons (Fsp3) is 0.417. The molecule has 1 fully saturated rings. The number of nitrogens with zero attached hydrogens (tertiary/aromatic N) is 3. The Morgan fingerprint density at radius 2 is 1.64 bits per heavy atom. The average molecular weight is 455 g/mol. The number of ether oxygens (including phenoxy) is 1. The summed E-state index contributed by atoms with van der Waals surface area (Å²) in [6.45, 7) is 10.2. The first-order valence-corrected chi connectivity index (χ1v) is 11.2. The van der Waals surface area contributed by atoms with Crippen molar-refractivity contribution in [3.8, 4) is 0 Å². The third-order valence-corrected chi connectivity index (χ3v) is 5.77. The van der Waals surface area contributed by atoms with Gasteiger partial charge in [-0.15, -0.1) is 0 Å². The molecule has 0 saturated carbocycles. The lowest BCUT2D eigenvalue weighted by molar-refractivity contribution is -0.384. The van der Waals surface area contributed by atoms with Crippen molar-refractivity contribution in [1.82, 2.24) is 15.1 Å². The molecule has 2 aromatic rings. The van der Waals surface area contributed by atoms with E-state index in [-0.39, 0.29) is 30.0 Å². The molecule has 0 aliphatic carbocycles. The van der Waals surface area contributed by atoms with E-state index in [4.69, 9.17) is 4.74 Å². The van der Waals surface area contributed by atoms with Crippen molar-refractivity contribution in [3.05, 3.63) is 74.8 Å². The van der Waals surface area contributed by atoms with Crippen LogP contribution in [0.2, 0.25) is 0 Å². The normalized spacial score (nSPS) is 14.6. The average Bonchev–Trinajstić information content (AvgIpc) is 2.83. The van der Waals surface area contributed by atoms with E-state index < -0.39 is 16.8 Å². The predicted molar refractivity (Wildman–Crippen MR) is 124 cm³/mol. The second-order valence-corrected chi connectivity index (χ2v) is 7.91. The van der Waals surface area contributed by atoms with Gasteiger partial charge in [-0.05, 0) is 30.7 Å². The number of nitrogens with one attached hydrogen (secondary N) is 1. The molecule has 0 aromatic heterocycles. The third kappa shape index (κ3) is 6.59. The van der Waals surface area contributed by atoms with Crippen molar-refractivity contribution in [1.29, 1.82) is 0 Å². The van der Waals surface area contributed by atoms with E-state index in [1.807, 2.05) is 18.2 Å². The molecule has 0 spiro atoms. The number of non-ortho nitro benzene ring substituents is 1. The number of piperazine rings is 1. The molecule has 1 aliphatic rings. The predicted octanol–water partition coefficient (Wildman–Crippen LogP) is 2.84. The van der Waals surface area contributed by atoms with Gasteiger partial charge < -0.3 is 15.0 Å². The molecule has 0 unspecified atom stereocenters. The number of amides is 1. The summed E-state index contributed by atoms with van der Waals surface area (Å²) in [6.07, 6.45) is 0. The summed E-state index contributed by atoms with van der Waals surface area (Å²) in [5, 5.41) is 14.1. The molecule has 2 aromatic carbocycles. The summed E-state index contributed by atoms with van der Waals surface area (Å²) in [5.41, 5.74) is 1.80. The largest absolute Gasteiger partial charge is 0.462 e. The lowest BCUT2D eigenvalue weighted by Crippen LogP contribution is -2.45. The number of benzene rings is 2. The van der Waals surface area contributed by atoms with E-state index in [1.165, 1.54) is 6.07 Å². The van der Waals surface area contributed by atoms with Gasteiger partial charge in [0.1, 0.15) is 0 Å². The van der Waals surface area contributed by atoms with Gasteiger partial charge in [0, 0.05) is 57.0 Å². The van der Waals surface area contributed by atoms with Crippen LogP contribution in [0.25, 0.3) is 0 Å². The zero-order chi connectivity index (χ0) is 23.8. The SMILES string of the molecule is CCOC(=O)c1cc(C(=O)NCc2ccccc2CN2CCN(CC)CC2)cc([N+](=O)[O-])c1. The first-order valence-electron chi connectivity index (χ1n) is 11.2. The number of carbonyl (C=O) groups is 2. The maximum atomic E-state index is 12.8. The minimum absolute atomic E-state index is 0.0252. The van der Waals surface area contributed by atoms with Gasteiger partial charge in [0.25, 0.3) is 11.6 Å². The Hall–Kier alpha value is -3.30. The first kappa shape index (κ1) is 24.3. The van der Waals surface area contributed by atoms with Crippen LogP contribution in [0.1, 0.15) is 45.7 Å². The van der Waals surface area contributed by atoms with Crippen molar-refractivity contribution in [2.75, 3.05) is 39.3 Å². The number of nitro groups is 1. The molecule has 0 atom stereocenters. The number of likely N-dealkylation sites (N-methyl/N-ethyl adjacent to an activating group) is 1. The standard InChI is InChI=1S/C24H30N4O5/c1-3-26-9-11-27(12-10-26)17-19-8-6-5-7-18(19)16-25-23(29)20-13-21(24(30)33-4-2)15-22(14-20)28(31)32/h5-8,13-15H,3-4,9-12,16-17H2,1-2H3,(H,25,29). The molecule has 9 nitrogen and oxygen atoms in total. The summed E-state index contributed by atoms with van der Waals surface area (Å²) in [6, 6.07) is 11.5. The molecule has 9 heteroatoms. The molecule has 1 N–H and O–H groups in total. The topological polar surface area (TPSA) is 105 Å². The lowest BCUT2D eigenvalue weighted by atomic mass is 10.1. The van der Waals surface area contributed by atoms with Crippen molar-refractivity contribution < 1.29 is 19.2 Å². The van der Waals surface area contributed by atoms with Crippen LogP contribution in [-0.2, 0) is 17.8 Å². The van der Waals surface area contributed by atoms with Crippen LogP contribution < -0.4 is 5.32 Å². The van der Waals surface area contributed by atoms with E-state index in [9.17, 15) is 19.7 Å². The highest BCUT2D eigenvalue weighted by Crippen LogP contribution is 2.19. The van der Waals surface area contributed by atoms with Crippen LogP contribution in [0, 0.1) is 10.1 Å². The number of carbonyl (C=O) groups excluding carboxylic acids is 2. The Bertz CT molecular complexity index is 1000. The second kappa shape index (κ2) is 11.5. The summed E-state index contributed by atoms with van der Waals surface area (Å²) in [7, 11) is 0. The van der Waals surface area contributed by atoms with Gasteiger partial charge in [0.15, 0.2) is 0 Å². The maximum Gasteiger partial charge on any atom is 0.338 e. The van der Waals surface area contributed by atoms with Crippen molar-refractivity contribution in [2.24, 2.45) is 0 Å². The second-order valence-electron chi connectivity index (χ2n) is 7.91. The Morgan fingerprint density at radius 3 is 2.27 bits per heavy atom. The Morgan fingerprint density at radius 1 is 1.00 bits per heavy atom. The summed E-state index contributed by atoms with van der Waals surface area (Å²) >= 11 is 0. The van der Waals surface area contributed by atoms with E-state index in [0.717, 1.165) is 62.5 Å².